The molecule has 3 atom stereocenters. The smallest absolute Gasteiger partial charge is 0.338 e. The van der Waals surface area contributed by atoms with E-state index >= 15 is 0 Å². The summed E-state index contributed by atoms with van der Waals surface area (Å²) in [6.45, 7) is 2.69. The Hall–Kier alpha value is -2.56. The summed E-state index contributed by atoms with van der Waals surface area (Å²) >= 11 is 0. The van der Waals surface area contributed by atoms with Gasteiger partial charge in [0, 0.05) is 25.3 Å². The molecule has 1 aromatic heterocycles. The van der Waals surface area contributed by atoms with Gasteiger partial charge in [-0.15, -0.1) is 0 Å². The SMILES string of the molecule is CC1CN(C(=O)c2cnn(-c3cccc(C(F)(F)F)c3)c2)CC(C(F)(F)F)C1N1CCCC1. The van der Waals surface area contributed by atoms with Gasteiger partial charge in [0.25, 0.3) is 5.91 Å². The fourth-order valence-electron chi connectivity index (χ4n) is 4.97. The largest absolute Gasteiger partial charge is 0.416 e. The van der Waals surface area contributed by atoms with E-state index in [-0.39, 0.29) is 23.7 Å². The van der Waals surface area contributed by atoms with Crippen LogP contribution in [0.1, 0.15) is 35.7 Å². The van der Waals surface area contributed by atoms with Crippen LogP contribution in [0.15, 0.2) is 36.7 Å². The second kappa shape index (κ2) is 8.66. The maximum absolute atomic E-state index is 13.9. The molecule has 0 radical (unpaired) electrons. The predicted octanol–water partition coefficient (Wildman–Crippen LogP) is 4.63. The van der Waals surface area contributed by atoms with Crippen LogP contribution in [0.4, 0.5) is 26.3 Å². The minimum absolute atomic E-state index is 0.0279. The van der Waals surface area contributed by atoms with E-state index < -0.39 is 42.3 Å². The maximum atomic E-state index is 13.9. The summed E-state index contributed by atoms with van der Waals surface area (Å²) in [7, 11) is 0. The molecule has 2 aliphatic rings. The van der Waals surface area contributed by atoms with Crippen molar-refractivity contribution < 1.29 is 31.1 Å². The number of amides is 1. The Morgan fingerprint density at radius 3 is 2.39 bits per heavy atom. The molecule has 4 rings (SSSR count). The average Bonchev–Trinajstić information content (AvgIpc) is 3.44. The summed E-state index contributed by atoms with van der Waals surface area (Å²) in [5.41, 5.74) is -0.743. The van der Waals surface area contributed by atoms with E-state index in [1.165, 1.54) is 29.4 Å². The molecule has 1 amide bonds. The molecule has 180 valence electrons. The number of nitrogens with zero attached hydrogens (tertiary/aromatic N) is 4. The third-order valence-electron chi connectivity index (χ3n) is 6.46. The maximum Gasteiger partial charge on any atom is 0.416 e. The number of hydrogen-bond acceptors (Lipinski definition) is 3. The Kier molecular flexibility index (Phi) is 6.19. The van der Waals surface area contributed by atoms with Crippen molar-refractivity contribution in [1.82, 2.24) is 19.6 Å². The molecule has 2 aliphatic heterocycles. The van der Waals surface area contributed by atoms with Crippen LogP contribution in [0.25, 0.3) is 5.69 Å². The van der Waals surface area contributed by atoms with E-state index in [4.69, 9.17) is 0 Å². The number of alkyl halides is 6. The summed E-state index contributed by atoms with van der Waals surface area (Å²) in [6, 6.07) is 3.76. The highest BCUT2D eigenvalue weighted by atomic mass is 19.4. The molecule has 11 heteroatoms. The van der Waals surface area contributed by atoms with Gasteiger partial charge < -0.3 is 4.90 Å². The highest BCUT2D eigenvalue weighted by Gasteiger charge is 2.52. The minimum atomic E-state index is -4.54. The van der Waals surface area contributed by atoms with Gasteiger partial charge in [0.2, 0.25) is 0 Å². The molecule has 2 aromatic rings. The molecule has 1 aromatic carbocycles. The van der Waals surface area contributed by atoms with E-state index in [9.17, 15) is 31.1 Å². The molecular weight excluding hydrogens is 450 g/mol. The van der Waals surface area contributed by atoms with Crippen molar-refractivity contribution in [3.05, 3.63) is 47.8 Å². The third kappa shape index (κ3) is 4.87. The molecule has 0 aliphatic carbocycles. The predicted molar refractivity (Wildman–Crippen MR) is 108 cm³/mol. The number of piperidine rings is 1. The number of carbonyl (C=O) groups excluding carboxylic acids is 1. The van der Waals surface area contributed by atoms with Crippen LogP contribution in [0.2, 0.25) is 0 Å². The highest BCUT2D eigenvalue weighted by molar-refractivity contribution is 5.94. The van der Waals surface area contributed by atoms with E-state index in [1.807, 2.05) is 4.90 Å². The quantitative estimate of drug-likeness (QED) is 0.610. The molecule has 0 bridgehead atoms. The fourth-order valence-corrected chi connectivity index (χ4v) is 4.97. The van der Waals surface area contributed by atoms with Gasteiger partial charge in [-0.3, -0.25) is 9.69 Å². The van der Waals surface area contributed by atoms with Crippen molar-refractivity contribution in [1.29, 1.82) is 0 Å². The molecule has 0 N–H and O–H groups in total. The zero-order valence-electron chi connectivity index (χ0n) is 17.9. The van der Waals surface area contributed by atoms with Crippen LogP contribution in [0.5, 0.6) is 0 Å². The number of halogens is 6. The second-order valence-corrected chi connectivity index (χ2v) is 8.79. The number of rotatable bonds is 3. The van der Waals surface area contributed by atoms with Crippen molar-refractivity contribution in [3.63, 3.8) is 0 Å². The molecule has 0 saturated carbocycles. The third-order valence-corrected chi connectivity index (χ3v) is 6.46. The van der Waals surface area contributed by atoms with Crippen LogP contribution in [-0.2, 0) is 6.18 Å². The molecule has 2 fully saturated rings. The molecule has 5 nitrogen and oxygen atoms in total. The van der Waals surface area contributed by atoms with Gasteiger partial charge in [-0.05, 0) is 50.0 Å². The van der Waals surface area contributed by atoms with Crippen LogP contribution in [0.3, 0.4) is 0 Å². The lowest BCUT2D eigenvalue weighted by Crippen LogP contribution is -2.60. The summed E-state index contributed by atoms with van der Waals surface area (Å²) < 4.78 is 81.9. The lowest BCUT2D eigenvalue weighted by Gasteiger charge is -2.46. The average molecular weight is 474 g/mol. The summed E-state index contributed by atoms with van der Waals surface area (Å²) in [5, 5.41) is 3.96. The first-order chi connectivity index (χ1) is 15.4. The van der Waals surface area contributed by atoms with Crippen molar-refractivity contribution in [2.24, 2.45) is 11.8 Å². The van der Waals surface area contributed by atoms with Gasteiger partial charge in [0.05, 0.1) is 28.9 Å². The number of carbonyl (C=O) groups is 1. The Labute approximate surface area is 187 Å². The minimum Gasteiger partial charge on any atom is -0.338 e. The van der Waals surface area contributed by atoms with E-state index in [0.717, 1.165) is 29.7 Å². The normalized spacial score (nSPS) is 24.9. The Bertz CT molecular complexity index is 995. The topological polar surface area (TPSA) is 41.4 Å². The molecule has 3 unspecified atom stereocenters. The lowest BCUT2D eigenvalue weighted by molar-refractivity contribution is -0.207. The monoisotopic (exact) mass is 474 g/mol. The van der Waals surface area contributed by atoms with Gasteiger partial charge in [-0.1, -0.05) is 13.0 Å². The van der Waals surface area contributed by atoms with Gasteiger partial charge >= 0.3 is 12.4 Å². The number of likely N-dealkylation sites (tertiary alicyclic amines) is 2. The Balaban J connectivity index is 1.55. The number of aromatic nitrogens is 2. The van der Waals surface area contributed by atoms with Crippen LogP contribution in [0, 0.1) is 11.8 Å². The summed E-state index contributed by atoms with van der Waals surface area (Å²) in [4.78, 5) is 16.1. The summed E-state index contributed by atoms with van der Waals surface area (Å²) in [6.07, 6.45) is -4.84. The zero-order valence-corrected chi connectivity index (χ0v) is 17.9. The van der Waals surface area contributed by atoms with E-state index in [2.05, 4.69) is 5.10 Å². The van der Waals surface area contributed by atoms with Crippen LogP contribution in [-0.4, -0.2) is 63.9 Å². The van der Waals surface area contributed by atoms with Gasteiger partial charge in [0.1, 0.15) is 0 Å². The van der Waals surface area contributed by atoms with Crippen LogP contribution >= 0.6 is 0 Å². The lowest BCUT2D eigenvalue weighted by atomic mass is 9.82. The molecular formula is C22H24F6N4O. The first-order valence-electron chi connectivity index (χ1n) is 10.8. The molecule has 2 saturated heterocycles. The van der Waals surface area contributed by atoms with Crippen molar-refractivity contribution in [2.45, 2.75) is 38.2 Å². The number of hydrogen-bond donors (Lipinski definition) is 0. The van der Waals surface area contributed by atoms with Crippen molar-refractivity contribution in [3.8, 4) is 5.69 Å². The Morgan fingerprint density at radius 1 is 1.06 bits per heavy atom. The fraction of sp³-hybridized carbons (Fsp3) is 0.545. The van der Waals surface area contributed by atoms with Gasteiger partial charge in [0.15, 0.2) is 0 Å². The van der Waals surface area contributed by atoms with Gasteiger partial charge in [-0.2, -0.15) is 31.4 Å². The number of benzene rings is 1. The summed E-state index contributed by atoms with van der Waals surface area (Å²) in [5.74, 6) is -2.66. The van der Waals surface area contributed by atoms with E-state index in [0.29, 0.717) is 13.1 Å². The van der Waals surface area contributed by atoms with Crippen LogP contribution < -0.4 is 0 Å². The van der Waals surface area contributed by atoms with Crippen molar-refractivity contribution >= 4 is 5.91 Å². The zero-order chi connectivity index (χ0) is 24.0. The molecule has 33 heavy (non-hydrogen) atoms. The molecule has 3 heterocycles. The first kappa shape index (κ1) is 23.6. The standard InChI is InChI=1S/C22H24F6N4O/c1-14-11-31(13-18(22(26,27)28)19(14)30-7-2-3-8-30)20(33)15-10-29-32(12-15)17-6-4-5-16(9-17)21(23,24)25/h4-6,9-10,12,14,18-19H,2-3,7-8,11,13H2,1H3. The van der Waals surface area contributed by atoms with Crippen molar-refractivity contribution in [2.75, 3.05) is 26.2 Å². The molecule has 0 spiro atoms. The Morgan fingerprint density at radius 2 is 1.76 bits per heavy atom. The highest BCUT2D eigenvalue weighted by Crippen LogP contribution is 2.39. The second-order valence-electron chi connectivity index (χ2n) is 8.79. The van der Waals surface area contributed by atoms with Gasteiger partial charge in [-0.25, -0.2) is 4.68 Å². The first-order valence-corrected chi connectivity index (χ1v) is 10.8. The van der Waals surface area contributed by atoms with E-state index in [1.54, 1.807) is 6.92 Å².